The van der Waals surface area contributed by atoms with E-state index >= 15 is 0 Å². The van der Waals surface area contributed by atoms with Crippen molar-refractivity contribution in [3.05, 3.63) is 0 Å². The third-order valence-electron chi connectivity index (χ3n) is 5.76. The maximum absolute atomic E-state index is 3.43. The molecule has 2 heterocycles. The van der Waals surface area contributed by atoms with E-state index in [1.165, 1.54) is 45.1 Å². The van der Waals surface area contributed by atoms with Crippen LogP contribution >= 0.6 is 0 Å². The number of nitrogens with one attached hydrogen (secondary N) is 3. The molecular formula is C22H53N3O2. The monoisotopic (exact) mass is 391 g/mol. The third-order valence-corrected chi connectivity index (χ3v) is 5.76. The van der Waals surface area contributed by atoms with Crippen LogP contribution in [0.25, 0.3) is 0 Å². The summed E-state index contributed by atoms with van der Waals surface area (Å²) in [6.45, 7) is 17.2. The van der Waals surface area contributed by atoms with Crippen molar-refractivity contribution in [1.29, 1.82) is 0 Å². The van der Waals surface area contributed by atoms with E-state index in [-0.39, 0.29) is 18.4 Å². The minimum atomic E-state index is 0. The van der Waals surface area contributed by atoms with Crippen molar-refractivity contribution in [3.8, 4) is 0 Å². The summed E-state index contributed by atoms with van der Waals surface area (Å²) in [7, 11) is 0. The van der Waals surface area contributed by atoms with Gasteiger partial charge in [0.05, 0.1) is 6.17 Å². The van der Waals surface area contributed by atoms with E-state index in [0.29, 0.717) is 6.17 Å². The van der Waals surface area contributed by atoms with Gasteiger partial charge in [-0.05, 0) is 56.9 Å². The van der Waals surface area contributed by atoms with Crippen molar-refractivity contribution in [1.82, 2.24) is 16.0 Å². The summed E-state index contributed by atoms with van der Waals surface area (Å²) in [6.07, 6.45) is 9.19. The number of piperidine rings is 1. The van der Waals surface area contributed by atoms with Gasteiger partial charge in [-0.1, -0.05) is 60.8 Å². The highest BCUT2D eigenvalue weighted by molar-refractivity contribution is 4.71. The lowest BCUT2D eigenvalue weighted by atomic mass is 9.84. The summed E-state index contributed by atoms with van der Waals surface area (Å²) in [5, 5.41) is 10.1. The molecule has 2 atom stereocenters. The van der Waals surface area contributed by atoms with E-state index in [2.05, 4.69) is 57.5 Å². The Hall–Kier alpha value is -0.200. The minimum absolute atomic E-state index is 0. The van der Waals surface area contributed by atoms with Gasteiger partial charge in [0.1, 0.15) is 0 Å². The summed E-state index contributed by atoms with van der Waals surface area (Å²) in [4.78, 5) is 0. The van der Waals surface area contributed by atoms with E-state index in [1.54, 1.807) is 0 Å². The SMILES string of the molecule is C.CC1CCC(C)CC1.CC1CCC(C)NC1.CC1CNC(C)NC1.O.O. The van der Waals surface area contributed by atoms with Crippen LogP contribution in [0.15, 0.2) is 0 Å². The Morgan fingerprint density at radius 3 is 1.15 bits per heavy atom. The zero-order valence-electron chi connectivity index (χ0n) is 18.3. The molecule has 0 radical (unpaired) electrons. The van der Waals surface area contributed by atoms with E-state index in [1.807, 2.05) is 0 Å². The molecule has 0 aromatic carbocycles. The van der Waals surface area contributed by atoms with Crippen molar-refractivity contribution in [2.24, 2.45) is 23.7 Å². The van der Waals surface area contributed by atoms with Crippen molar-refractivity contribution in [2.75, 3.05) is 19.6 Å². The highest BCUT2D eigenvalue weighted by Gasteiger charge is 2.13. The maximum Gasteiger partial charge on any atom is 0.0542 e. The molecule has 2 unspecified atom stereocenters. The Labute approximate surface area is 170 Å². The molecule has 2 aliphatic heterocycles. The first-order valence-corrected chi connectivity index (χ1v) is 10.6. The first-order valence-electron chi connectivity index (χ1n) is 10.6. The van der Waals surface area contributed by atoms with Crippen LogP contribution in [0.5, 0.6) is 0 Å². The lowest BCUT2D eigenvalue weighted by molar-refractivity contribution is 0.308. The van der Waals surface area contributed by atoms with Crippen LogP contribution in [-0.4, -0.2) is 42.8 Å². The Bertz CT molecular complexity index is 216. The molecule has 3 rings (SSSR count). The second kappa shape index (κ2) is 17.9. The van der Waals surface area contributed by atoms with Crippen LogP contribution in [0.4, 0.5) is 0 Å². The van der Waals surface area contributed by atoms with Crippen LogP contribution in [0.1, 0.15) is 87.5 Å². The van der Waals surface area contributed by atoms with Gasteiger partial charge in [0.25, 0.3) is 0 Å². The maximum atomic E-state index is 3.43. The molecule has 0 spiro atoms. The van der Waals surface area contributed by atoms with Crippen LogP contribution in [0, 0.1) is 23.7 Å². The fourth-order valence-electron chi connectivity index (χ4n) is 3.47. The molecule has 3 aliphatic rings. The molecule has 0 bridgehead atoms. The third kappa shape index (κ3) is 16.5. The number of hydrogen-bond donors (Lipinski definition) is 3. The topological polar surface area (TPSA) is 99.1 Å². The smallest absolute Gasteiger partial charge is 0.0542 e. The van der Waals surface area contributed by atoms with Gasteiger partial charge in [-0.3, -0.25) is 0 Å². The normalized spacial score (nSPS) is 35.3. The fourth-order valence-corrected chi connectivity index (χ4v) is 3.47. The zero-order valence-corrected chi connectivity index (χ0v) is 18.3. The van der Waals surface area contributed by atoms with Crippen LogP contribution < -0.4 is 16.0 Å². The predicted octanol–water partition coefficient (Wildman–Crippen LogP) is 3.38. The van der Waals surface area contributed by atoms with Crippen LogP contribution in [0.3, 0.4) is 0 Å². The molecule has 7 N–H and O–H groups in total. The summed E-state index contributed by atoms with van der Waals surface area (Å²) in [5.41, 5.74) is 0. The lowest BCUT2D eigenvalue weighted by Crippen LogP contribution is -2.50. The second-order valence-electron chi connectivity index (χ2n) is 9.00. The Balaban J connectivity index is -0.000000303. The van der Waals surface area contributed by atoms with Gasteiger partial charge >= 0.3 is 0 Å². The molecule has 5 nitrogen and oxygen atoms in total. The Morgan fingerprint density at radius 2 is 0.852 bits per heavy atom. The summed E-state index contributed by atoms with van der Waals surface area (Å²) < 4.78 is 0. The first-order chi connectivity index (χ1) is 11.4. The molecule has 1 aliphatic carbocycles. The molecule has 1 saturated carbocycles. The molecule has 0 amide bonds. The average molecular weight is 392 g/mol. The highest BCUT2D eigenvalue weighted by Crippen LogP contribution is 2.27. The zero-order chi connectivity index (χ0) is 17.9. The van der Waals surface area contributed by atoms with E-state index < -0.39 is 0 Å². The van der Waals surface area contributed by atoms with Crippen molar-refractivity contribution < 1.29 is 11.0 Å². The molecule has 0 aromatic heterocycles. The standard InChI is InChI=1S/C8H16.C7H15N.C6H14N2.CH4.2H2O/c1-7-3-5-8(2)6-4-7;1-6-3-4-7(2)8-5-6;1-5-3-7-6(2)8-4-5;;;/h7-8H,3-6H2,1-2H3;6-8H,3-5H2,1-2H3;5-8H,3-4H2,1-2H3;1H4;2*1H2. The fraction of sp³-hybridized carbons (Fsp3) is 1.00. The molecule has 2 saturated heterocycles. The quantitative estimate of drug-likeness (QED) is 0.590. The summed E-state index contributed by atoms with van der Waals surface area (Å²) >= 11 is 0. The van der Waals surface area contributed by atoms with Gasteiger partial charge in [-0.15, -0.1) is 0 Å². The predicted molar refractivity (Wildman–Crippen MR) is 121 cm³/mol. The summed E-state index contributed by atoms with van der Waals surface area (Å²) in [5.74, 6) is 3.75. The summed E-state index contributed by atoms with van der Waals surface area (Å²) in [6, 6.07) is 0.770. The van der Waals surface area contributed by atoms with Crippen LogP contribution in [0.2, 0.25) is 0 Å². The van der Waals surface area contributed by atoms with Gasteiger partial charge in [-0.2, -0.15) is 0 Å². The molecular weight excluding hydrogens is 338 g/mol. The minimum Gasteiger partial charge on any atom is -0.412 e. The Kier molecular flexibility index (Phi) is 20.8. The van der Waals surface area contributed by atoms with Crippen molar-refractivity contribution in [2.45, 2.75) is 99.7 Å². The lowest BCUT2D eigenvalue weighted by Gasteiger charge is -2.26. The number of hydrogen-bond acceptors (Lipinski definition) is 3. The van der Waals surface area contributed by atoms with Gasteiger partial charge < -0.3 is 26.9 Å². The van der Waals surface area contributed by atoms with Crippen LogP contribution in [-0.2, 0) is 0 Å². The molecule has 27 heavy (non-hydrogen) atoms. The van der Waals surface area contributed by atoms with Gasteiger partial charge in [0.2, 0.25) is 0 Å². The molecule has 168 valence electrons. The van der Waals surface area contributed by atoms with Crippen molar-refractivity contribution >= 4 is 0 Å². The largest absolute Gasteiger partial charge is 0.412 e. The van der Waals surface area contributed by atoms with Gasteiger partial charge in [0, 0.05) is 19.1 Å². The average Bonchev–Trinajstić information content (AvgIpc) is 2.57. The first kappa shape index (κ1) is 31.5. The van der Waals surface area contributed by atoms with E-state index in [0.717, 1.165) is 42.8 Å². The van der Waals surface area contributed by atoms with Gasteiger partial charge in [0.15, 0.2) is 0 Å². The Morgan fingerprint density at radius 1 is 0.481 bits per heavy atom. The number of rotatable bonds is 0. The van der Waals surface area contributed by atoms with E-state index in [9.17, 15) is 0 Å². The molecule has 0 aromatic rings. The highest BCUT2D eigenvalue weighted by atomic mass is 16.0. The van der Waals surface area contributed by atoms with Gasteiger partial charge in [-0.25, -0.2) is 0 Å². The van der Waals surface area contributed by atoms with Crippen molar-refractivity contribution in [3.63, 3.8) is 0 Å². The molecule has 3 fully saturated rings. The molecule has 5 heteroatoms. The second-order valence-corrected chi connectivity index (χ2v) is 9.00. The van der Waals surface area contributed by atoms with E-state index in [4.69, 9.17) is 0 Å².